The molecule has 162 valence electrons. The molecule has 6 nitrogen and oxygen atoms in total. The van der Waals surface area contributed by atoms with Crippen LogP contribution in [-0.4, -0.2) is 30.6 Å². The third-order valence-corrected chi connectivity index (χ3v) is 5.41. The van der Waals surface area contributed by atoms with Gasteiger partial charge >= 0.3 is 0 Å². The van der Waals surface area contributed by atoms with Gasteiger partial charge in [-0.05, 0) is 32.4 Å². The zero-order valence-electron chi connectivity index (χ0n) is 17.4. The van der Waals surface area contributed by atoms with Crippen molar-refractivity contribution in [3.63, 3.8) is 0 Å². The van der Waals surface area contributed by atoms with Crippen molar-refractivity contribution >= 4 is 41.3 Å². The normalized spacial score (nSPS) is 11.2. The Morgan fingerprint density at radius 3 is 2.73 bits per heavy atom. The van der Waals surface area contributed by atoms with E-state index in [1.165, 1.54) is 4.88 Å². The van der Waals surface area contributed by atoms with Crippen LogP contribution in [0.2, 0.25) is 0 Å². The number of furan rings is 1. The lowest BCUT2D eigenvalue weighted by Gasteiger charge is -2.11. The first kappa shape index (κ1) is 24.4. The molecule has 0 unspecified atom stereocenters. The third kappa shape index (κ3) is 7.73. The number of rotatable bonds is 10. The lowest BCUT2D eigenvalue weighted by molar-refractivity contribution is 0.105. The molecule has 0 bridgehead atoms. The fraction of sp³-hybridized carbons (Fsp3) is 0.364. The van der Waals surface area contributed by atoms with Crippen LogP contribution in [0.25, 0.3) is 10.6 Å². The number of guanidine groups is 1. The van der Waals surface area contributed by atoms with Crippen LogP contribution in [0.15, 0.2) is 58.1 Å². The number of thiazole rings is 1. The Balaban J connectivity index is 0.00000320. The first-order chi connectivity index (χ1) is 14.3. The zero-order valence-corrected chi connectivity index (χ0v) is 20.5. The number of halogens is 1. The van der Waals surface area contributed by atoms with Gasteiger partial charge in [-0.25, -0.2) is 9.98 Å². The summed E-state index contributed by atoms with van der Waals surface area (Å²) in [6.45, 7) is 7.51. The number of hydrogen-bond acceptors (Lipinski definition) is 5. The predicted octanol–water partition coefficient (Wildman–Crippen LogP) is 4.99. The van der Waals surface area contributed by atoms with E-state index in [0.717, 1.165) is 47.5 Å². The third-order valence-electron chi connectivity index (χ3n) is 4.22. The Morgan fingerprint density at radius 2 is 2.00 bits per heavy atom. The summed E-state index contributed by atoms with van der Waals surface area (Å²) in [5, 5.41) is 7.70. The van der Waals surface area contributed by atoms with E-state index in [9.17, 15) is 0 Å². The van der Waals surface area contributed by atoms with Gasteiger partial charge in [0.05, 0.1) is 18.5 Å². The summed E-state index contributed by atoms with van der Waals surface area (Å²) in [5.41, 5.74) is 2.19. The van der Waals surface area contributed by atoms with Crippen molar-refractivity contribution in [3.05, 3.63) is 65.1 Å². The van der Waals surface area contributed by atoms with Crippen molar-refractivity contribution in [1.29, 1.82) is 0 Å². The van der Waals surface area contributed by atoms with E-state index in [4.69, 9.17) is 19.1 Å². The van der Waals surface area contributed by atoms with Gasteiger partial charge in [0.25, 0.3) is 0 Å². The standard InChI is InChI=1S/C22H28N4O2S.HI/c1-3-23-22(24-12-8-13-27-16-19-11-7-14-28-19)25-15-20-17(2)26-21(29-20)18-9-5-4-6-10-18;/h4-7,9-11,14H,3,8,12-13,15-16H2,1-2H3,(H2,23,24,25);1H. The number of hydrogen-bond donors (Lipinski definition) is 2. The second-order valence-electron chi connectivity index (χ2n) is 6.50. The number of benzene rings is 1. The molecule has 0 spiro atoms. The van der Waals surface area contributed by atoms with Gasteiger partial charge in [-0.2, -0.15) is 0 Å². The van der Waals surface area contributed by atoms with Crippen molar-refractivity contribution in [2.75, 3.05) is 19.7 Å². The minimum Gasteiger partial charge on any atom is -0.467 e. The van der Waals surface area contributed by atoms with Crippen LogP contribution in [0.1, 0.15) is 29.7 Å². The van der Waals surface area contributed by atoms with Crippen molar-refractivity contribution in [2.45, 2.75) is 33.4 Å². The van der Waals surface area contributed by atoms with Crippen LogP contribution in [0, 0.1) is 6.92 Å². The monoisotopic (exact) mass is 540 g/mol. The van der Waals surface area contributed by atoms with Crippen LogP contribution in [0.4, 0.5) is 0 Å². The Morgan fingerprint density at radius 1 is 1.17 bits per heavy atom. The average Bonchev–Trinajstić information content (AvgIpc) is 3.39. The first-order valence-corrected chi connectivity index (χ1v) is 10.7. The molecule has 30 heavy (non-hydrogen) atoms. The largest absolute Gasteiger partial charge is 0.467 e. The molecule has 3 aromatic rings. The van der Waals surface area contributed by atoms with Gasteiger partial charge in [0.2, 0.25) is 0 Å². The molecule has 0 aliphatic rings. The summed E-state index contributed by atoms with van der Waals surface area (Å²) >= 11 is 1.70. The minimum atomic E-state index is 0. The lowest BCUT2D eigenvalue weighted by Crippen LogP contribution is -2.38. The van der Waals surface area contributed by atoms with Crippen molar-refractivity contribution < 1.29 is 9.15 Å². The minimum absolute atomic E-state index is 0. The van der Waals surface area contributed by atoms with Gasteiger partial charge in [0, 0.05) is 30.1 Å². The second-order valence-corrected chi connectivity index (χ2v) is 7.58. The number of nitrogens with one attached hydrogen (secondary N) is 2. The van der Waals surface area contributed by atoms with Crippen LogP contribution < -0.4 is 10.6 Å². The maximum absolute atomic E-state index is 5.61. The van der Waals surface area contributed by atoms with E-state index in [2.05, 4.69) is 29.7 Å². The Kier molecular flexibility index (Phi) is 10.9. The highest BCUT2D eigenvalue weighted by Gasteiger charge is 2.09. The molecule has 2 N–H and O–H groups in total. The molecule has 0 aliphatic carbocycles. The Bertz CT molecular complexity index is 882. The average molecular weight is 540 g/mol. The summed E-state index contributed by atoms with van der Waals surface area (Å²) < 4.78 is 10.9. The molecule has 0 amide bonds. The highest BCUT2D eigenvalue weighted by atomic mass is 127. The summed E-state index contributed by atoms with van der Waals surface area (Å²) in [6.07, 6.45) is 2.55. The van der Waals surface area contributed by atoms with E-state index < -0.39 is 0 Å². The van der Waals surface area contributed by atoms with Crippen LogP contribution in [0.5, 0.6) is 0 Å². The quantitative estimate of drug-likeness (QED) is 0.164. The van der Waals surface area contributed by atoms with Crippen molar-refractivity contribution in [3.8, 4) is 10.6 Å². The SMILES string of the molecule is CCNC(=NCc1sc(-c2ccccc2)nc1C)NCCCOCc1ccco1.I. The van der Waals surface area contributed by atoms with E-state index in [0.29, 0.717) is 19.8 Å². The van der Waals surface area contributed by atoms with Crippen molar-refractivity contribution in [1.82, 2.24) is 15.6 Å². The van der Waals surface area contributed by atoms with Crippen LogP contribution in [0.3, 0.4) is 0 Å². The molecule has 3 rings (SSSR count). The van der Waals surface area contributed by atoms with Gasteiger partial charge in [0.15, 0.2) is 5.96 Å². The summed E-state index contributed by atoms with van der Waals surface area (Å²) in [7, 11) is 0. The fourth-order valence-corrected chi connectivity index (χ4v) is 3.71. The van der Waals surface area contributed by atoms with E-state index >= 15 is 0 Å². The summed E-state index contributed by atoms with van der Waals surface area (Å²) in [6, 6.07) is 14.1. The van der Waals surface area contributed by atoms with Crippen molar-refractivity contribution in [2.24, 2.45) is 4.99 Å². The highest BCUT2D eigenvalue weighted by molar-refractivity contribution is 14.0. The number of aromatic nitrogens is 1. The van der Waals surface area contributed by atoms with Gasteiger partial charge < -0.3 is 19.8 Å². The second kappa shape index (κ2) is 13.4. The topological polar surface area (TPSA) is 71.7 Å². The maximum atomic E-state index is 5.61. The van der Waals surface area contributed by atoms with Gasteiger partial charge in [-0.15, -0.1) is 35.3 Å². The molecular formula is C22H29IN4O2S. The first-order valence-electron chi connectivity index (χ1n) is 9.90. The molecule has 0 atom stereocenters. The number of aryl methyl sites for hydroxylation is 1. The molecule has 2 aromatic heterocycles. The number of aliphatic imine (C=N–C) groups is 1. The van der Waals surface area contributed by atoms with Gasteiger partial charge in [-0.3, -0.25) is 0 Å². The molecule has 0 aliphatic heterocycles. The maximum Gasteiger partial charge on any atom is 0.191 e. The molecule has 0 saturated carbocycles. The van der Waals surface area contributed by atoms with E-state index in [1.54, 1.807) is 17.6 Å². The molecule has 0 fully saturated rings. The number of ether oxygens (including phenoxy) is 1. The van der Waals surface area contributed by atoms with Gasteiger partial charge in [0.1, 0.15) is 17.4 Å². The van der Waals surface area contributed by atoms with Gasteiger partial charge in [-0.1, -0.05) is 30.3 Å². The zero-order chi connectivity index (χ0) is 20.3. The molecule has 1 aromatic carbocycles. The molecule has 0 radical (unpaired) electrons. The summed E-state index contributed by atoms with van der Waals surface area (Å²) in [4.78, 5) is 10.6. The smallest absolute Gasteiger partial charge is 0.191 e. The van der Waals surface area contributed by atoms with Crippen LogP contribution in [-0.2, 0) is 17.9 Å². The molecule has 2 heterocycles. The predicted molar refractivity (Wildman–Crippen MR) is 134 cm³/mol. The summed E-state index contributed by atoms with van der Waals surface area (Å²) in [5.74, 6) is 1.66. The fourth-order valence-electron chi connectivity index (χ4n) is 2.72. The van der Waals surface area contributed by atoms with Crippen LogP contribution >= 0.6 is 35.3 Å². The number of nitrogens with zero attached hydrogens (tertiary/aromatic N) is 2. The molecule has 8 heteroatoms. The molecular weight excluding hydrogens is 511 g/mol. The van der Waals surface area contributed by atoms with E-state index in [1.807, 2.05) is 37.3 Å². The Labute approximate surface area is 199 Å². The Hall–Kier alpha value is -1.91. The molecule has 0 saturated heterocycles. The lowest BCUT2D eigenvalue weighted by atomic mass is 10.2. The van der Waals surface area contributed by atoms with E-state index in [-0.39, 0.29) is 24.0 Å². The highest BCUT2D eigenvalue weighted by Crippen LogP contribution is 2.28.